The van der Waals surface area contributed by atoms with Crippen molar-refractivity contribution in [3.63, 3.8) is 0 Å². The number of carbonyl (C=O) groups excluding carboxylic acids is 1. The summed E-state index contributed by atoms with van der Waals surface area (Å²) in [6.45, 7) is 21.8. The Morgan fingerprint density at radius 2 is 1.37 bits per heavy atom. The second-order valence-corrected chi connectivity index (χ2v) is 11.3. The predicted molar refractivity (Wildman–Crippen MR) is 111 cm³/mol. The summed E-state index contributed by atoms with van der Waals surface area (Å²) < 4.78 is 22.8. The van der Waals surface area contributed by atoms with Crippen LogP contribution in [0.3, 0.4) is 0 Å². The maximum atomic E-state index is 12.1. The molecule has 0 aliphatic carbocycles. The largest absolute Gasteiger partial charge is 0.509 e. The maximum Gasteiger partial charge on any atom is 0.509 e. The van der Waals surface area contributed by atoms with Gasteiger partial charge < -0.3 is 18.9 Å². The van der Waals surface area contributed by atoms with Crippen molar-refractivity contribution in [1.82, 2.24) is 0 Å². The molecule has 2 atom stereocenters. The minimum atomic E-state index is -0.715. The Kier molecular flexibility index (Phi) is 9.61. The molecule has 0 spiro atoms. The van der Waals surface area contributed by atoms with E-state index < -0.39 is 22.2 Å². The highest BCUT2D eigenvalue weighted by Crippen LogP contribution is 2.25. The van der Waals surface area contributed by atoms with Gasteiger partial charge in [0.15, 0.2) is 0 Å². The highest BCUT2D eigenvalue weighted by Gasteiger charge is 2.32. The Morgan fingerprint density at radius 3 is 1.81 bits per heavy atom. The fourth-order valence-corrected chi connectivity index (χ4v) is 3.10. The average molecular weight is 409 g/mol. The van der Waals surface area contributed by atoms with Gasteiger partial charge in [-0.2, -0.15) is 0 Å². The van der Waals surface area contributed by atoms with Gasteiger partial charge >= 0.3 is 6.16 Å². The zero-order chi connectivity index (χ0) is 21.7. The van der Waals surface area contributed by atoms with Crippen LogP contribution in [-0.4, -0.2) is 46.6 Å². The van der Waals surface area contributed by atoms with Gasteiger partial charge in [0.25, 0.3) is 0 Å². The third kappa shape index (κ3) is 15.1. The fourth-order valence-electron chi connectivity index (χ4n) is 2.88. The molecule has 5 nitrogen and oxygen atoms in total. The Morgan fingerprint density at radius 1 is 0.852 bits per heavy atom. The predicted octanol–water partition coefficient (Wildman–Crippen LogP) is 6.10. The van der Waals surface area contributed by atoms with E-state index in [0.717, 1.165) is 0 Å². The SMILES string of the molecule is CC(CC(C)(C)Cl)OC(=O)OC(C)(C)CC(C)OC(C)(C)COC(C)(C)C. The summed E-state index contributed by atoms with van der Waals surface area (Å²) in [6.07, 6.45) is -0.0356. The minimum Gasteiger partial charge on any atom is -0.431 e. The van der Waals surface area contributed by atoms with E-state index in [1.165, 1.54) is 0 Å². The average Bonchev–Trinajstić information content (AvgIpc) is 2.29. The van der Waals surface area contributed by atoms with Crippen molar-refractivity contribution in [3.05, 3.63) is 0 Å². The standard InChI is InChI=1S/C21H41ClO5/c1-15(12-19(6,7)22)25-17(23)27-20(8,9)13-16(2)26-21(10,11)14-24-18(3,4)5/h15-16H,12-14H2,1-11H3. The first-order valence-corrected chi connectivity index (χ1v) is 10.1. The molecule has 162 valence electrons. The molecule has 0 N–H and O–H groups in total. The molecule has 0 aromatic rings. The molecule has 0 aliphatic rings. The topological polar surface area (TPSA) is 54.0 Å². The summed E-state index contributed by atoms with van der Waals surface area (Å²) in [4.78, 5) is 11.7. The molecule has 2 unspecified atom stereocenters. The van der Waals surface area contributed by atoms with Crippen LogP contribution in [-0.2, 0) is 18.9 Å². The lowest BCUT2D eigenvalue weighted by molar-refractivity contribution is -0.149. The first-order chi connectivity index (χ1) is 11.8. The molecule has 27 heavy (non-hydrogen) atoms. The van der Waals surface area contributed by atoms with Gasteiger partial charge in [0.2, 0.25) is 0 Å². The van der Waals surface area contributed by atoms with Crippen LogP contribution in [0.1, 0.15) is 89.0 Å². The Bertz CT molecular complexity index is 460. The number of alkyl halides is 1. The third-order valence-electron chi connectivity index (χ3n) is 3.58. The van der Waals surface area contributed by atoms with E-state index in [9.17, 15) is 4.79 Å². The Hall–Kier alpha value is -0.520. The van der Waals surface area contributed by atoms with Crippen molar-refractivity contribution < 1.29 is 23.7 Å². The Balaban J connectivity index is 4.53. The molecule has 0 aliphatic heterocycles. The maximum absolute atomic E-state index is 12.1. The lowest BCUT2D eigenvalue weighted by atomic mass is 10.0. The molecule has 0 radical (unpaired) electrons. The van der Waals surface area contributed by atoms with Crippen LogP contribution in [0.2, 0.25) is 0 Å². The first-order valence-electron chi connectivity index (χ1n) is 9.71. The second-order valence-electron chi connectivity index (χ2n) is 10.3. The van der Waals surface area contributed by atoms with Crippen LogP contribution in [0.15, 0.2) is 0 Å². The van der Waals surface area contributed by atoms with Crippen molar-refractivity contribution in [2.75, 3.05) is 6.61 Å². The summed E-state index contributed by atoms with van der Waals surface area (Å²) in [5.41, 5.74) is -1.37. The lowest BCUT2D eigenvalue weighted by Gasteiger charge is -2.35. The Labute approximate surface area is 171 Å². The quantitative estimate of drug-likeness (QED) is 0.322. The molecule has 0 fully saturated rings. The van der Waals surface area contributed by atoms with E-state index in [1.54, 1.807) is 0 Å². The molecule has 0 heterocycles. The van der Waals surface area contributed by atoms with Crippen LogP contribution in [0.25, 0.3) is 0 Å². The van der Waals surface area contributed by atoms with Crippen molar-refractivity contribution in [3.8, 4) is 0 Å². The number of halogens is 1. The van der Waals surface area contributed by atoms with Crippen LogP contribution in [0.5, 0.6) is 0 Å². The van der Waals surface area contributed by atoms with Crippen LogP contribution in [0, 0.1) is 0 Å². The summed E-state index contributed by atoms with van der Waals surface area (Å²) in [7, 11) is 0. The number of rotatable bonds is 10. The van der Waals surface area contributed by atoms with Gasteiger partial charge in [-0.25, -0.2) is 4.79 Å². The second kappa shape index (κ2) is 9.80. The van der Waals surface area contributed by atoms with Gasteiger partial charge in [-0.15, -0.1) is 11.6 Å². The first kappa shape index (κ1) is 26.5. The summed E-state index contributed by atoms with van der Waals surface area (Å²) in [5, 5.41) is 0. The van der Waals surface area contributed by atoms with E-state index in [4.69, 9.17) is 30.5 Å². The molecule has 0 saturated heterocycles. The molecular formula is C21H41ClO5. The van der Waals surface area contributed by atoms with Gasteiger partial charge in [0.05, 0.1) is 23.9 Å². The lowest BCUT2D eigenvalue weighted by Crippen LogP contribution is -2.41. The zero-order valence-electron chi connectivity index (χ0n) is 19.2. The molecule has 0 saturated carbocycles. The molecule has 0 bridgehead atoms. The van der Waals surface area contributed by atoms with Gasteiger partial charge in [0.1, 0.15) is 11.7 Å². The monoisotopic (exact) mass is 408 g/mol. The minimum absolute atomic E-state index is 0.120. The normalized spacial score (nSPS) is 16.0. The van der Waals surface area contributed by atoms with Gasteiger partial charge in [-0.1, -0.05) is 0 Å². The smallest absolute Gasteiger partial charge is 0.431 e. The summed E-state index contributed by atoms with van der Waals surface area (Å²) in [5.74, 6) is 0. The van der Waals surface area contributed by atoms with E-state index in [2.05, 4.69) is 0 Å². The third-order valence-corrected chi connectivity index (χ3v) is 3.74. The number of ether oxygens (including phenoxy) is 4. The van der Waals surface area contributed by atoms with Crippen LogP contribution < -0.4 is 0 Å². The number of hydrogen-bond acceptors (Lipinski definition) is 5. The van der Waals surface area contributed by atoms with E-state index >= 15 is 0 Å². The van der Waals surface area contributed by atoms with Crippen molar-refractivity contribution >= 4 is 17.8 Å². The number of carbonyl (C=O) groups is 1. The van der Waals surface area contributed by atoms with Gasteiger partial charge in [-0.3, -0.25) is 0 Å². The highest BCUT2D eigenvalue weighted by atomic mass is 35.5. The number of hydrogen-bond donors (Lipinski definition) is 0. The van der Waals surface area contributed by atoms with E-state index in [0.29, 0.717) is 19.4 Å². The molecule has 0 aromatic heterocycles. The van der Waals surface area contributed by atoms with Crippen LogP contribution in [0.4, 0.5) is 4.79 Å². The zero-order valence-corrected chi connectivity index (χ0v) is 20.0. The fraction of sp³-hybridized carbons (Fsp3) is 0.952. The highest BCUT2D eigenvalue weighted by molar-refractivity contribution is 6.23. The van der Waals surface area contributed by atoms with E-state index in [-0.39, 0.29) is 17.8 Å². The van der Waals surface area contributed by atoms with Gasteiger partial charge in [-0.05, 0) is 76.2 Å². The molecule has 0 aromatic carbocycles. The van der Waals surface area contributed by atoms with Crippen molar-refractivity contribution in [1.29, 1.82) is 0 Å². The van der Waals surface area contributed by atoms with Gasteiger partial charge in [0, 0.05) is 17.7 Å². The molecule has 0 amide bonds. The summed E-state index contributed by atoms with van der Waals surface area (Å²) in [6, 6.07) is 0. The van der Waals surface area contributed by atoms with Crippen LogP contribution >= 0.6 is 11.6 Å². The molecule has 6 heteroatoms. The van der Waals surface area contributed by atoms with Crippen molar-refractivity contribution in [2.45, 2.75) is 123 Å². The summed E-state index contributed by atoms with van der Waals surface area (Å²) >= 11 is 6.17. The molecular weight excluding hydrogens is 368 g/mol. The van der Waals surface area contributed by atoms with Crippen molar-refractivity contribution in [2.24, 2.45) is 0 Å². The molecule has 0 rings (SSSR count). The van der Waals surface area contributed by atoms with E-state index in [1.807, 2.05) is 76.2 Å².